The lowest BCUT2D eigenvalue weighted by Crippen LogP contribution is -2.33. The SMILES string of the molecule is CCC(C)(C)CCC(C)(C)CCN1C(=O)c2ccc(-c3ccc4c(c3)C(=O)N(c3ncccn3)C4=O)cc2C1=O. The maximum atomic E-state index is 13.3. The van der Waals surface area contributed by atoms with Gasteiger partial charge in [-0.2, -0.15) is 0 Å². The Morgan fingerprint density at radius 3 is 1.75 bits per heavy atom. The fourth-order valence-corrected chi connectivity index (χ4v) is 5.08. The summed E-state index contributed by atoms with van der Waals surface area (Å²) in [5, 5.41) is 0. The number of carbonyl (C=O) groups excluding carboxylic acids is 4. The maximum Gasteiger partial charge on any atom is 0.268 e. The molecule has 0 spiro atoms. The highest BCUT2D eigenvalue weighted by Gasteiger charge is 2.39. The summed E-state index contributed by atoms with van der Waals surface area (Å²) in [6.45, 7) is 11.5. The molecule has 0 atom stereocenters. The summed E-state index contributed by atoms with van der Waals surface area (Å²) in [5.74, 6) is -1.54. The molecular weight excluding hydrogens is 504 g/mol. The lowest BCUT2D eigenvalue weighted by atomic mass is 9.76. The third-order valence-corrected chi connectivity index (χ3v) is 8.39. The molecule has 0 unspecified atom stereocenters. The summed E-state index contributed by atoms with van der Waals surface area (Å²) in [5.41, 5.74) is 2.87. The molecule has 5 rings (SSSR count). The van der Waals surface area contributed by atoms with Crippen LogP contribution in [-0.2, 0) is 0 Å². The van der Waals surface area contributed by atoms with Gasteiger partial charge < -0.3 is 0 Å². The summed E-state index contributed by atoms with van der Waals surface area (Å²) in [4.78, 5) is 62.9. The van der Waals surface area contributed by atoms with Gasteiger partial charge in [-0.15, -0.1) is 0 Å². The van der Waals surface area contributed by atoms with Crippen molar-refractivity contribution in [2.45, 2.75) is 60.3 Å². The van der Waals surface area contributed by atoms with Crippen LogP contribution < -0.4 is 4.90 Å². The normalized spacial score (nSPS) is 15.2. The molecule has 206 valence electrons. The predicted octanol–water partition coefficient (Wildman–Crippen LogP) is 6.17. The van der Waals surface area contributed by atoms with Crippen LogP contribution in [0.4, 0.5) is 5.95 Å². The van der Waals surface area contributed by atoms with Gasteiger partial charge in [0, 0.05) is 18.9 Å². The van der Waals surface area contributed by atoms with E-state index in [1.165, 1.54) is 17.3 Å². The second kappa shape index (κ2) is 10.1. The third kappa shape index (κ3) is 4.94. The Morgan fingerprint density at radius 1 is 0.650 bits per heavy atom. The molecule has 1 aromatic heterocycles. The molecule has 8 nitrogen and oxygen atoms in total. The number of carbonyl (C=O) groups is 4. The van der Waals surface area contributed by atoms with E-state index in [1.807, 2.05) is 0 Å². The number of rotatable bonds is 9. The molecule has 2 aromatic carbocycles. The van der Waals surface area contributed by atoms with Crippen LogP contribution in [0, 0.1) is 10.8 Å². The molecule has 2 aliphatic rings. The average molecular weight is 539 g/mol. The van der Waals surface area contributed by atoms with Crippen LogP contribution in [0.3, 0.4) is 0 Å². The van der Waals surface area contributed by atoms with E-state index in [9.17, 15) is 19.2 Å². The van der Waals surface area contributed by atoms with E-state index in [0.29, 0.717) is 28.8 Å². The van der Waals surface area contributed by atoms with Gasteiger partial charge in [-0.05, 0) is 71.6 Å². The first-order valence-electron chi connectivity index (χ1n) is 13.7. The zero-order valence-corrected chi connectivity index (χ0v) is 23.7. The molecular formula is C32H34N4O4. The number of benzene rings is 2. The summed E-state index contributed by atoms with van der Waals surface area (Å²) >= 11 is 0. The van der Waals surface area contributed by atoms with E-state index in [2.05, 4.69) is 44.6 Å². The van der Waals surface area contributed by atoms with Crippen LogP contribution in [0.15, 0.2) is 54.9 Å². The van der Waals surface area contributed by atoms with Gasteiger partial charge in [0.05, 0.1) is 22.3 Å². The van der Waals surface area contributed by atoms with Gasteiger partial charge in [-0.1, -0.05) is 53.2 Å². The van der Waals surface area contributed by atoms with Crippen LogP contribution >= 0.6 is 0 Å². The third-order valence-electron chi connectivity index (χ3n) is 8.39. The van der Waals surface area contributed by atoms with Crippen LogP contribution in [-0.4, -0.2) is 45.0 Å². The number of nitrogens with zero attached hydrogens (tertiary/aromatic N) is 4. The quantitative estimate of drug-likeness (QED) is 0.302. The zero-order valence-electron chi connectivity index (χ0n) is 23.7. The maximum absolute atomic E-state index is 13.3. The molecule has 0 bridgehead atoms. The van der Waals surface area contributed by atoms with Crippen LogP contribution in [0.25, 0.3) is 11.1 Å². The first kappa shape index (κ1) is 27.4. The standard InChI is InChI=1S/C32H34N4O4/c1-6-31(2,3)12-13-32(4,5)14-17-35-26(37)22-10-8-20(18-24(22)27(35)38)21-9-11-23-25(19-21)29(40)36(28(23)39)30-33-15-7-16-34-30/h7-11,15-16,18-19H,6,12-14,17H2,1-5H3. The van der Waals surface area contributed by atoms with Gasteiger partial charge in [-0.3, -0.25) is 24.1 Å². The monoisotopic (exact) mass is 538 g/mol. The van der Waals surface area contributed by atoms with Gasteiger partial charge in [0.2, 0.25) is 5.95 Å². The molecule has 0 saturated heterocycles. The van der Waals surface area contributed by atoms with Gasteiger partial charge >= 0.3 is 0 Å². The number of fused-ring (bicyclic) bond motifs is 2. The molecule has 2 aliphatic heterocycles. The van der Waals surface area contributed by atoms with Crippen molar-refractivity contribution in [3.8, 4) is 11.1 Å². The van der Waals surface area contributed by atoms with E-state index in [-0.39, 0.29) is 39.7 Å². The Morgan fingerprint density at radius 2 is 1.15 bits per heavy atom. The minimum atomic E-state index is -0.503. The molecule has 0 aliphatic carbocycles. The van der Waals surface area contributed by atoms with Crippen molar-refractivity contribution in [2.75, 3.05) is 11.4 Å². The van der Waals surface area contributed by atoms with E-state index < -0.39 is 11.8 Å². The van der Waals surface area contributed by atoms with Crippen LogP contribution in [0.5, 0.6) is 0 Å². The van der Waals surface area contributed by atoms with Crippen LogP contribution in [0.1, 0.15) is 102 Å². The zero-order chi connectivity index (χ0) is 28.8. The number of hydrogen-bond donors (Lipinski definition) is 0. The molecule has 0 radical (unpaired) electrons. The predicted molar refractivity (Wildman–Crippen MR) is 152 cm³/mol. The van der Waals surface area contributed by atoms with Gasteiger partial charge in [0.25, 0.3) is 23.6 Å². The number of anilines is 1. The molecule has 0 N–H and O–H groups in total. The smallest absolute Gasteiger partial charge is 0.268 e. The average Bonchev–Trinajstić information content (AvgIpc) is 3.34. The van der Waals surface area contributed by atoms with Gasteiger partial charge in [-0.25, -0.2) is 14.9 Å². The van der Waals surface area contributed by atoms with Crippen molar-refractivity contribution in [1.29, 1.82) is 0 Å². The molecule has 8 heteroatoms. The summed E-state index contributed by atoms with van der Waals surface area (Å²) in [6, 6.07) is 11.7. The highest BCUT2D eigenvalue weighted by Crippen LogP contribution is 2.37. The fourth-order valence-electron chi connectivity index (χ4n) is 5.08. The van der Waals surface area contributed by atoms with E-state index in [4.69, 9.17) is 0 Å². The molecule has 40 heavy (non-hydrogen) atoms. The van der Waals surface area contributed by atoms with Crippen molar-refractivity contribution in [2.24, 2.45) is 10.8 Å². The fraction of sp³-hybridized carbons (Fsp3) is 0.375. The second-order valence-corrected chi connectivity index (χ2v) is 12.2. The number of amides is 4. The Hall–Kier alpha value is -4.20. The summed E-state index contributed by atoms with van der Waals surface area (Å²) in [6.07, 6.45) is 6.89. The highest BCUT2D eigenvalue weighted by atomic mass is 16.2. The summed E-state index contributed by atoms with van der Waals surface area (Å²) in [7, 11) is 0. The van der Waals surface area contributed by atoms with Crippen molar-refractivity contribution >= 4 is 29.6 Å². The van der Waals surface area contributed by atoms with Crippen molar-refractivity contribution in [1.82, 2.24) is 14.9 Å². The number of hydrogen-bond acceptors (Lipinski definition) is 6. The minimum absolute atomic E-state index is 0.00000386. The molecule has 0 saturated carbocycles. The molecule has 4 amide bonds. The highest BCUT2D eigenvalue weighted by molar-refractivity contribution is 6.34. The molecule has 3 heterocycles. The topological polar surface area (TPSA) is 101 Å². The molecule has 0 fully saturated rings. The lowest BCUT2D eigenvalue weighted by Gasteiger charge is -2.31. The van der Waals surface area contributed by atoms with Crippen LogP contribution in [0.2, 0.25) is 0 Å². The largest absolute Gasteiger partial charge is 0.274 e. The Kier molecular flexibility index (Phi) is 6.90. The van der Waals surface area contributed by atoms with Gasteiger partial charge in [0.1, 0.15) is 0 Å². The van der Waals surface area contributed by atoms with Gasteiger partial charge in [0.15, 0.2) is 0 Å². The Balaban J connectivity index is 1.34. The van der Waals surface area contributed by atoms with Crippen molar-refractivity contribution < 1.29 is 19.2 Å². The van der Waals surface area contributed by atoms with Crippen molar-refractivity contribution in [3.05, 3.63) is 77.1 Å². The van der Waals surface area contributed by atoms with E-state index in [0.717, 1.165) is 30.6 Å². The lowest BCUT2D eigenvalue weighted by molar-refractivity contribution is 0.0629. The second-order valence-electron chi connectivity index (χ2n) is 12.2. The number of imide groups is 2. The number of aromatic nitrogens is 2. The Bertz CT molecular complexity index is 1530. The Labute approximate surface area is 234 Å². The first-order chi connectivity index (χ1) is 18.9. The van der Waals surface area contributed by atoms with Crippen molar-refractivity contribution in [3.63, 3.8) is 0 Å². The summed E-state index contributed by atoms with van der Waals surface area (Å²) < 4.78 is 0. The minimum Gasteiger partial charge on any atom is -0.274 e. The molecule has 3 aromatic rings. The first-order valence-corrected chi connectivity index (χ1v) is 13.7. The van der Waals surface area contributed by atoms with E-state index >= 15 is 0 Å². The van der Waals surface area contributed by atoms with E-state index in [1.54, 1.807) is 42.5 Å².